The maximum absolute atomic E-state index is 14.9. The summed E-state index contributed by atoms with van der Waals surface area (Å²) in [5.41, 5.74) is 18.5. The quantitative estimate of drug-likeness (QED) is 0.0171. The molecule has 0 aliphatic carbocycles. The van der Waals surface area contributed by atoms with Gasteiger partial charge in [-0.3, -0.25) is 67.3 Å². The first-order chi connectivity index (χ1) is 57.4. The van der Waals surface area contributed by atoms with Crippen molar-refractivity contribution < 1.29 is 82.8 Å². The Kier molecular flexibility index (Phi) is 43.0. The number of aromatic nitrogens is 1. The van der Waals surface area contributed by atoms with E-state index in [4.69, 9.17) is 17.2 Å². The SMILES string of the molecule is CCCCCCCCCCCCCCCC(=O)N[C@H](C(=O)N[C@@H](C)C(=O)N[C@@H](CC(C)C)C(=O)N1CCC[C@H]1C(=O)N[C@@H](CC(C)C)C(=O)N[C@@H](Cc1c[nH]c2ccccc12)C(=O)N[C@@H](C)C(=O)N[C@H](C(=O)N[C@@H](Cc1ccc(O)cc1)C(=O)N[C@H](C(=O)N[C@@H](Cc1ccc(O)cc1)C(=O)N[C@@H](CCCN=C(N)N)C(N)=O)[C@@H](C)O)[C@@H](C)O)C(C)C. The maximum Gasteiger partial charge on any atom is 0.245 e. The number of aliphatic hydroxyl groups is 2. The summed E-state index contributed by atoms with van der Waals surface area (Å²) in [5, 5.41) is 72.2. The predicted molar refractivity (Wildman–Crippen MR) is 459 cm³/mol. The Morgan fingerprint density at radius 3 is 1.40 bits per heavy atom. The molecule has 1 aliphatic heterocycles. The van der Waals surface area contributed by atoms with Crippen molar-refractivity contribution in [1.82, 2.24) is 68.4 Å². The monoisotopic (exact) mass is 1690 g/mol. The zero-order valence-electron chi connectivity index (χ0n) is 72.2. The number of phenols is 2. The predicted octanol–water partition coefficient (Wildman–Crippen LogP) is 3.50. The minimum absolute atomic E-state index is 0.0210. The van der Waals surface area contributed by atoms with Gasteiger partial charge in [0.2, 0.25) is 76.8 Å². The molecule has 1 aliphatic rings. The van der Waals surface area contributed by atoms with Crippen LogP contribution in [-0.2, 0) is 81.6 Å². The fourth-order valence-electron chi connectivity index (χ4n) is 14.4. The van der Waals surface area contributed by atoms with E-state index in [1.54, 1.807) is 44.3 Å². The van der Waals surface area contributed by atoms with Crippen molar-refractivity contribution in [2.45, 2.75) is 309 Å². The molecular weight excluding hydrogens is 1560 g/mol. The number of amides is 13. The second-order valence-corrected chi connectivity index (χ2v) is 33.2. The van der Waals surface area contributed by atoms with Crippen molar-refractivity contribution in [3.05, 3.63) is 95.7 Å². The molecule has 0 unspecified atom stereocenters. The summed E-state index contributed by atoms with van der Waals surface area (Å²) in [6.07, 6.45) is 13.8. The topological polar surface area (TPSA) is 545 Å². The highest BCUT2D eigenvalue weighted by Crippen LogP contribution is 2.25. The number of aromatic amines is 1. The van der Waals surface area contributed by atoms with Gasteiger partial charge in [0.25, 0.3) is 0 Å². The normalized spacial score (nSPS) is 15.9. The van der Waals surface area contributed by atoms with Crippen molar-refractivity contribution in [1.29, 1.82) is 0 Å². The van der Waals surface area contributed by atoms with Gasteiger partial charge < -0.3 is 106 Å². The van der Waals surface area contributed by atoms with Gasteiger partial charge in [0, 0.05) is 55.9 Å². The van der Waals surface area contributed by atoms with Crippen molar-refractivity contribution in [2.75, 3.05) is 13.1 Å². The van der Waals surface area contributed by atoms with Crippen LogP contribution in [0.5, 0.6) is 11.5 Å². The second-order valence-electron chi connectivity index (χ2n) is 33.2. The number of hydrogen-bond acceptors (Lipinski definition) is 18. The Morgan fingerprint density at radius 2 is 0.893 bits per heavy atom. The van der Waals surface area contributed by atoms with Crippen LogP contribution in [0.15, 0.2) is 84.0 Å². The van der Waals surface area contributed by atoms with Crippen molar-refractivity contribution in [2.24, 2.45) is 39.9 Å². The smallest absolute Gasteiger partial charge is 0.245 e. The molecule has 4 aromatic rings. The molecule has 0 bridgehead atoms. The van der Waals surface area contributed by atoms with Crippen LogP contribution in [-0.4, -0.2) is 211 Å². The second kappa shape index (κ2) is 51.7. The van der Waals surface area contributed by atoms with Gasteiger partial charge in [-0.05, 0) is 137 Å². The Bertz CT molecular complexity index is 4050. The number of aliphatic imine (C=N–C) groups is 1. The molecule has 121 heavy (non-hydrogen) atoms. The standard InChI is InChI=1S/C87H135N17O17/c1-12-13-14-15-16-17-18-19-20-21-22-23-24-33-71(109)101-72(52(6)7)83(118)94-53(8)76(111)100-69(45-51(4)5)86(121)104-43-28-32-70(104)82(117)97-65(44-50(2)3)79(114)96-68(48-59-49-92-63-30-26-25-29-62(59)63)78(113)93-54(9)77(112)102-73(55(10)105)84(119)99-67(47-58-36-40-61(108)41-37-58)81(116)103-74(56(11)106)85(120)98-66(46-57-34-38-60(107)39-35-57)80(115)95-64(75(88)110)31-27-42-91-87(89)90/h25-26,29-30,34-41,49-56,64-70,72-74,92,105-108H,12-24,27-28,31-33,42-48H2,1-11H3,(H2,88,110)(H,93,113)(H,94,118)(H,95,115)(H,96,114)(H,97,117)(H,98,120)(H,99,119)(H,100,111)(H,101,109)(H,102,112)(H,103,116)(H4,89,90,91)/t53-,54-,55+,56+,64-,65-,66-,67-,68-,69-,70-,72-,73-,74-/m0/s1. The van der Waals surface area contributed by atoms with Gasteiger partial charge in [-0.2, -0.15) is 0 Å². The number of phenolic OH excluding ortho intramolecular Hbond substituents is 2. The fourth-order valence-corrected chi connectivity index (χ4v) is 14.4. The van der Waals surface area contributed by atoms with Crippen LogP contribution in [0.25, 0.3) is 10.9 Å². The van der Waals surface area contributed by atoms with Crippen LogP contribution >= 0.6 is 0 Å². The number of nitrogens with two attached hydrogens (primary N) is 3. The highest BCUT2D eigenvalue weighted by atomic mass is 16.3. The minimum atomic E-state index is -1.88. The number of hydrogen-bond donors (Lipinski definition) is 19. The van der Waals surface area contributed by atoms with Crippen LogP contribution in [0, 0.1) is 17.8 Å². The average molecular weight is 1690 g/mol. The summed E-state index contributed by atoms with van der Waals surface area (Å²) in [6.45, 7) is 18.4. The molecule has 1 fully saturated rings. The van der Waals surface area contributed by atoms with Crippen molar-refractivity contribution in [3.8, 4) is 11.5 Å². The first-order valence-electron chi connectivity index (χ1n) is 42.8. The van der Waals surface area contributed by atoms with Crippen LogP contribution < -0.4 is 75.7 Å². The number of primary amides is 1. The largest absolute Gasteiger partial charge is 0.508 e. The van der Waals surface area contributed by atoms with E-state index in [2.05, 4.69) is 75.4 Å². The third kappa shape index (κ3) is 35.0. The molecule has 34 nitrogen and oxygen atoms in total. The van der Waals surface area contributed by atoms with E-state index in [1.807, 2.05) is 27.7 Å². The third-order valence-electron chi connectivity index (χ3n) is 21.3. The number of nitrogens with one attached hydrogen (secondary N) is 12. The lowest BCUT2D eigenvalue weighted by molar-refractivity contribution is -0.143. The lowest BCUT2D eigenvalue weighted by Gasteiger charge is -2.31. The average Bonchev–Trinajstić information content (AvgIpc) is 1.71. The van der Waals surface area contributed by atoms with Gasteiger partial charge in [0.05, 0.1) is 12.2 Å². The molecule has 1 aromatic heterocycles. The van der Waals surface area contributed by atoms with Crippen LogP contribution in [0.1, 0.15) is 221 Å². The number of H-pyrrole nitrogens is 1. The molecule has 0 saturated carbocycles. The van der Waals surface area contributed by atoms with Gasteiger partial charge in [-0.25, -0.2) is 0 Å². The molecule has 0 spiro atoms. The van der Waals surface area contributed by atoms with Crippen LogP contribution in [0.2, 0.25) is 0 Å². The Hall–Kier alpha value is -10.9. The first-order valence-corrected chi connectivity index (χ1v) is 42.8. The molecule has 34 heteroatoms. The molecule has 670 valence electrons. The van der Waals surface area contributed by atoms with E-state index in [0.717, 1.165) is 33.1 Å². The van der Waals surface area contributed by atoms with Crippen molar-refractivity contribution >= 4 is 93.7 Å². The number of carbonyl (C=O) groups excluding carboxylic acids is 13. The highest BCUT2D eigenvalue weighted by molar-refractivity contribution is 6.00. The van der Waals surface area contributed by atoms with E-state index in [1.165, 1.54) is 125 Å². The van der Waals surface area contributed by atoms with Crippen LogP contribution in [0.3, 0.4) is 0 Å². The van der Waals surface area contributed by atoms with Gasteiger partial charge >= 0.3 is 0 Å². The summed E-state index contributed by atoms with van der Waals surface area (Å²) in [7, 11) is 0. The first kappa shape index (κ1) is 101. The molecule has 5 rings (SSSR count). The summed E-state index contributed by atoms with van der Waals surface area (Å²) in [5.74, 6) is -11.9. The van der Waals surface area contributed by atoms with Crippen molar-refractivity contribution in [3.63, 3.8) is 0 Å². The zero-order chi connectivity index (χ0) is 89.6. The van der Waals surface area contributed by atoms with Gasteiger partial charge in [-0.15, -0.1) is 0 Å². The number of nitrogens with zero attached hydrogens (tertiary/aromatic N) is 2. The maximum atomic E-state index is 14.9. The lowest BCUT2D eigenvalue weighted by Crippen LogP contribution is -2.63. The van der Waals surface area contributed by atoms with E-state index in [0.29, 0.717) is 40.4 Å². The fraction of sp³-hybridized carbons (Fsp3) is 0.609. The number of guanidine groups is 1. The van der Waals surface area contributed by atoms with Gasteiger partial charge in [0.1, 0.15) is 84.0 Å². The molecular formula is C87H135N17O17. The number of unbranched alkanes of at least 4 members (excludes halogenated alkanes) is 12. The Morgan fingerprint density at radius 1 is 0.463 bits per heavy atom. The molecule has 14 atom stereocenters. The lowest BCUT2D eigenvalue weighted by atomic mass is 9.99. The zero-order valence-corrected chi connectivity index (χ0v) is 72.2. The Labute approximate surface area is 710 Å². The number of fused-ring (bicyclic) bond motifs is 1. The number of aliphatic hydroxyl groups excluding tert-OH is 2. The van der Waals surface area contributed by atoms with Gasteiger partial charge in [0.15, 0.2) is 5.96 Å². The minimum Gasteiger partial charge on any atom is -0.508 e. The number of carbonyl (C=O) groups is 13. The van der Waals surface area contributed by atoms with E-state index in [-0.39, 0.29) is 112 Å². The molecule has 13 amide bonds. The molecule has 1 saturated heterocycles. The van der Waals surface area contributed by atoms with Crippen LogP contribution in [0.4, 0.5) is 0 Å². The molecule has 3 aromatic carbocycles. The van der Waals surface area contributed by atoms with Gasteiger partial charge in [-0.1, -0.05) is 168 Å². The number of benzene rings is 3. The van der Waals surface area contributed by atoms with E-state index < -0.39 is 156 Å². The number of aromatic hydroxyl groups is 2. The summed E-state index contributed by atoms with van der Waals surface area (Å²) in [4.78, 5) is 193. The molecule has 0 radical (unpaired) electrons. The number of likely N-dealkylation sites (tertiary alicyclic amines) is 1. The summed E-state index contributed by atoms with van der Waals surface area (Å²) < 4.78 is 0. The van der Waals surface area contributed by atoms with E-state index >= 15 is 0 Å². The molecule has 2 heterocycles. The Balaban J connectivity index is 1.29. The number of rotatable bonds is 54. The highest BCUT2D eigenvalue weighted by Gasteiger charge is 2.42. The summed E-state index contributed by atoms with van der Waals surface area (Å²) in [6, 6.07) is 1.29. The number of para-hydroxylation sites is 1. The molecule has 22 N–H and O–H groups in total. The third-order valence-corrected chi connectivity index (χ3v) is 21.3. The summed E-state index contributed by atoms with van der Waals surface area (Å²) >= 11 is 0. The van der Waals surface area contributed by atoms with E-state index in [9.17, 15) is 82.8 Å².